The normalized spacial score (nSPS) is 12.4. The van der Waals surface area contributed by atoms with E-state index in [1.54, 1.807) is 0 Å². The third-order valence-electron chi connectivity index (χ3n) is 3.86. The van der Waals surface area contributed by atoms with E-state index < -0.39 is 16.1 Å². The van der Waals surface area contributed by atoms with Crippen LogP contribution in [0.3, 0.4) is 0 Å². The highest BCUT2D eigenvalue weighted by Gasteiger charge is 2.28. The maximum atomic E-state index is 12.9. The second kappa shape index (κ2) is 9.73. The SMILES string of the molecule is CCCNC(=O)[C@H](Cc1ccccc1)NS(=O)(=O)c1cc(Cl)ccc1OC. The molecule has 2 aromatic carbocycles. The van der Waals surface area contributed by atoms with Gasteiger partial charge in [-0.1, -0.05) is 48.9 Å². The summed E-state index contributed by atoms with van der Waals surface area (Å²) in [7, 11) is -2.66. The van der Waals surface area contributed by atoms with E-state index in [2.05, 4.69) is 10.0 Å². The van der Waals surface area contributed by atoms with Crippen molar-refractivity contribution in [2.24, 2.45) is 0 Å². The minimum Gasteiger partial charge on any atom is -0.495 e. The number of rotatable bonds is 9. The number of hydrogen-bond acceptors (Lipinski definition) is 4. The van der Waals surface area contributed by atoms with Crippen molar-refractivity contribution in [2.75, 3.05) is 13.7 Å². The Hall–Kier alpha value is -2.09. The van der Waals surface area contributed by atoms with E-state index in [4.69, 9.17) is 16.3 Å². The number of methoxy groups -OCH3 is 1. The van der Waals surface area contributed by atoms with Gasteiger partial charge in [0.15, 0.2) is 0 Å². The van der Waals surface area contributed by atoms with Gasteiger partial charge in [0.2, 0.25) is 15.9 Å². The molecule has 0 aromatic heterocycles. The zero-order valence-corrected chi connectivity index (χ0v) is 16.8. The lowest BCUT2D eigenvalue weighted by Gasteiger charge is -2.19. The van der Waals surface area contributed by atoms with Gasteiger partial charge in [0.1, 0.15) is 16.7 Å². The second-order valence-electron chi connectivity index (χ2n) is 5.95. The molecule has 0 aliphatic rings. The number of hydrogen-bond donors (Lipinski definition) is 2. The van der Waals surface area contributed by atoms with Crippen LogP contribution >= 0.6 is 11.6 Å². The van der Waals surface area contributed by atoms with Gasteiger partial charge in [0.05, 0.1) is 7.11 Å². The monoisotopic (exact) mass is 410 g/mol. The largest absolute Gasteiger partial charge is 0.495 e. The van der Waals surface area contributed by atoms with Crippen LogP contribution in [0.4, 0.5) is 0 Å². The molecule has 146 valence electrons. The van der Waals surface area contributed by atoms with Crippen molar-refractivity contribution in [1.29, 1.82) is 0 Å². The minimum atomic E-state index is -4.04. The molecule has 0 saturated heterocycles. The maximum absolute atomic E-state index is 12.9. The summed E-state index contributed by atoms with van der Waals surface area (Å²) in [5.41, 5.74) is 0.843. The van der Waals surface area contributed by atoms with Crippen molar-refractivity contribution in [1.82, 2.24) is 10.0 Å². The number of sulfonamides is 1. The fraction of sp³-hybridized carbons (Fsp3) is 0.316. The number of nitrogens with one attached hydrogen (secondary N) is 2. The third kappa shape index (κ3) is 5.95. The van der Waals surface area contributed by atoms with Gasteiger partial charge in [-0.05, 0) is 36.6 Å². The Kier molecular flexibility index (Phi) is 7.65. The minimum absolute atomic E-state index is 0.112. The zero-order chi connectivity index (χ0) is 19.9. The van der Waals surface area contributed by atoms with Crippen LogP contribution < -0.4 is 14.8 Å². The quantitative estimate of drug-likeness (QED) is 0.665. The first-order valence-electron chi connectivity index (χ1n) is 8.55. The first-order chi connectivity index (χ1) is 12.9. The van der Waals surface area contributed by atoms with Crippen molar-refractivity contribution in [3.8, 4) is 5.75 Å². The summed E-state index contributed by atoms with van der Waals surface area (Å²) in [6, 6.07) is 12.6. The van der Waals surface area contributed by atoms with Gasteiger partial charge in [0, 0.05) is 11.6 Å². The van der Waals surface area contributed by atoms with E-state index in [9.17, 15) is 13.2 Å². The second-order valence-corrected chi connectivity index (χ2v) is 8.07. The Bertz CT molecular complexity index is 873. The van der Waals surface area contributed by atoms with Crippen molar-refractivity contribution < 1.29 is 17.9 Å². The number of carbonyl (C=O) groups excluding carboxylic acids is 1. The maximum Gasteiger partial charge on any atom is 0.245 e. The van der Waals surface area contributed by atoms with Crippen LogP contribution in [0.2, 0.25) is 5.02 Å². The molecule has 8 heteroatoms. The van der Waals surface area contributed by atoms with Crippen LogP contribution in [-0.4, -0.2) is 34.0 Å². The number of benzene rings is 2. The van der Waals surface area contributed by atoms with Crippen molar-refractivity contribution in [3.63, 3.8) is 0 Å². The molecule has 0 saturated carbocycles. The van der Waals surface area contributed by atoms with Gasteiger partial charge < -0.3 is 10.1 Å². The topological polar surface area (TPSA) is 84.5 Å². The molecule has 2 rings (SSSR count). The van der Waals surface area contributed by atoms with E-state index in [1.165, 1.54) is 25.3 Å². The lowest BCUT2D eigenvalue weighted by atomic mass is 10.1. The molecular weight excluding hydrogens is 388 g/mol. The Labute approximate surface area is 164 Å². The summed E-state index contributed by atoms with van der Waals surface area (Å²) >= 11 is 5.95. The molecule has 2 N–H and O–H groups in total. The van der Waals surface area contributed by atoms with Crippen LogP contribution in [-0.2, 0) is 21.2 Å². The molecule has 27 heavy (non-hydrogen) atoms. The average molecular weight is 411 g/mol. The van der Waals surface area contributed by atoms with Gasteiger partial charge in [-0.15, -0.1) is 0 Å². The van der Waals surface area contributed by atoms with Gasteiger partial charge in [0.25, 0.3) is 0 Å². The summed E-state index contributed by atoms with van der Waals surface area (Å²) in [6.45, 7) is 2.39. The lowest BCUT2D eigenvalue weighted by Crippen LogP contribution is -2.48. The molecule has 0 fully saturated rings. The van der Waals surface area contributed by atoms with E-state index in [-0.39, 0.29) is 28.0 Å². The van der Waals surface area contributed by atoms with Crippen molar-refractivity contribution in [3.05, 3.63) is 59.1 Å². The standard InChI is InChI=1S/C19H23ClN2O4S/c1-3-11-21-19(23)16(12-14-7-5-4-6-8-14)22-27(24,25)18-13-15(20)9-10-17(18)26-2/h4-10,13,16,22H,3,11-12H2,1-2H3,(H,21,23)/t16-/m0/s1. The summed E-state index contributed by atoms with van der Waals surface area (Å²) in [6.07, 6.45) is 0.969. The highest BCUT2D eigenvalue weighted by molar-refractivity contribution is 7.89. The van der Waals surface area contributed by atoms with Crippen LogP contribution in [0.5, 0.6) is 5.75 Å². The molecule has 0 spiro atoms. The van der Waals surface area contributed by atoms with Crippen LogP contribution in [0.15, 0.2) is 53.4 Å². The molecule has 1 atom stereocenters. The third-order valence-corrected chi connectivity index (χ3v) is 5.59. The molecule has 6 nitrogen and oxygen atoms in total. The van der Waals surface area contributed by atoms with Gasteiger partial charge in [-0.2, -0.15) is 4.72 Å². The molecular formula is C19H23ClN2O4S. The van der Waals surface area contributed by atoms with Gasteiger partial charge >= 0.3 is 0 Å². The zero-order valence-electron chi connectivity index (χ0n) is 15.2. The predicted octanol–water partition coefficient (Wildman–Crippen LogP) is 2.76. The number of carbonyl (C=O) groups is 1. The van der Waals surface area contributed by atoms with E-state index in [0.717, 1.165) is 12.0 Å². The van der Waals surface area contributed by atoms with E-state index in [1.807, 2.05) is 37.3 Å². The van der Waals surface area contributed by atoms with Crippen LogP contribution in [0, 0.1) is 0 Å². The summed E-state index contributed by atoms with van der Waals surface area (Å²) in [5, 5.41) is 3.00. The van der Waals surface area contributed by atoms with E-state index >= 15 is 0 Å². The first kappa shape index (κ1) is 21.2. The van der Waals surface area contributed by atoms with E-state index in [0.29, 0.717) is 6.54 Å². The molecule has 0 aliphatic carbocycles. The van der Waals surface area contributed by atoms with Gasteiger partial charge in [-0.3, -0.25) is 4.79 Å². The average Bonchev–Trinajstić information content (AvgIpc) is 2.66. The molecule has 0 aliphatic heterocycles. The van der Waals surface area contributed by atoms with Crippen LogP contribution in [0.1, 0.15) is 18.9 Å². The molecule has 0 bridgehead atoms. The summed E-state index contributed by atoms with van der Waals surface area (Å²) < 4.78 is 33.5. The lowest BCUT2D eigenvalue weighted by molar-refractivity contribution is -0.122. The highest BCUT2D eigenvalue weighted by Crippen LogP contribution is 2.27. The smallest absolute Gasteiger partial charge is 0.245 e. The number of amides is 1. The fourth-order valence-electron chi connectivity index (χ4n) is 2.52. The fourth-order valence-corrected chi connectivity index (χ4v) is 4.15. The Morgan fingerprint density at radius 1 is 1.19 bits per heavy atom. The first-order valence-corrected chi connectivity index (χ1v) is 10.4. The highest BCUT2D eigenvalue weighted by atomic mass is 35.5. The Morgan fingerprint density at radius 3 is 2.52 bits per heavy atom. The number of halogens is 1. The van der Waals surface area contributed by atoms with Gasteiger partial charge in [-0.25, -0.2) is 8.42 Å². The summed E-state index contributed by atoms with van der Waals surface area (Å²) in [5.74, 6) is -0.232. The molecule has 2 aromatic rings. The summed E-state index contributed by atoms with van der Waals surface area (Å²) in [4.78, 5) is 12.4. The Balaban J connectivity index is 2.32. The predicted molar refractivity (Wildman–Crippen MR) is 106 cm³/mol. The molecule has 1 amide bonds. The molecule has 0 heterocycles. The van der Waals surface area contributed by atoms with Crippen LogP contribution in [0.25, 0.3) is 0 Å². The van der Waals surface area contributed by atoms with Crippen molar-refractivity contribution in [2.45, 2.75) is 30.7 Å². The number of ether oxygens (including phenoxy) is 1. The Morgan fingerprint density at radius 2 is 1.89 bits per heavy atom. The molecule has 0 unspecified atom stereocenters. The van der Waals surface area contributed by atoms with Crippen molar-refractivity contribution >= 4 is 27.5 Å². The molecule has 0 radical (unpaired) electrons.